The van der Waals surface area contributed by atoms with Crippen molar-refractivity contribution in [2.75, 3.05) is 0 Å². The molecule has 2 rings (SSSR count). The maximum atomic E-state index is 2.45. The van der Waals surface area contributed by atoms with E-state index in [4.69, 9.17) is 0 Å². The van der Waals surface area contributed by atoms with Crippen LogP contribution in [0.1, 0.15) is 52.9 Å². The zero-order valence-corrected chi connectivity index (χ0v) is 8.77. The van der Waals surface area contributed by atoms with Crippen LogP contribution in [0.15, 0.2) is 0 Å². The van der Waals surface area contributed by atoms with Gasteiger partial charge in [0.15, 0.2) is 0 Å². The lowest BCUT2D eigenvalue weighted by molar-refractivity contribution is 0.0389. The molecule has 0 nitrogen and oxygen atoms in total. The third-order valence-corrected chi connectivity index (χ3v) is 4.50. The minimum Gasteiger partial charge on any atom is -0.0654 e. The molecule has 2 aliphatic rings. The zero-order chi connectivity index (χ0) is 8.77. The molecule has 0 N–H and O–H groups in total. The van der Waals surface area contributed by atoms with Gasteiger partial charge in [-0.3, -0.25) is 0 Å². The predicted octanol–water partition coefficient (Wildman–Crippen LogP) is 3.86. The lowest BCUT2D eigenvalue weighted by Gasteiger charge is -2.45. The Morgan fingerprint density at radius 1 is 1.25 bits per heavy atom. The van der Waals surface area contributed by atoms with Gasteiger partial charge < -0.3 is 0 Å². The van der Waals surface area contributed by atoms with Gasteiger partial charge in [0, 0.05) is 0 Å². The lowest BCUT2D eigenvalue weighted by atomic mass is 9.60. The van der Waals surface area contributed by atoms with Crippen molar-refractivity contribution in [3.63, 3.8) is 0 Å². The summed E-state index contributed by atoms with van der Waals surface area (Å²) in [5, 5.41) is 0. The fourth-order valence-electron chi connectivity index (χ4n) is 3.61. The van der Waals surface area contributed by atoms with Gasteiger partial charge in [0.2, 0.25) is 0 Å². The van der Waals surface area contributed by atoms with E-state index in [1.54, 1.807) is 12.8 Å². The Kier molecular flexibility index (Phi) is 1.97. The Hall–Kier alpha value is 0. The summed E-state index contributed by atoms with van der Waals surface area (Å²) >= 11 is 0. The normalized spacial score (nSPS) is 50.8. The average molecular weight is 166 g/mol. The largest absolute Gasteiger partial charge is 0.0654 e. The molecule has 1 spiro atoms. The van der Waals surface area contributed by atoms with Crippen LogP contribution in [0, 0.1) is 23.2 Å². The summed E-state index contributed by atoms with van der Waals surface area (Å²) in [6.07, 6.45) is 7.45. The van der Waals surface area contributed by atoms with Gasteiger partial charge in [-0.15, -0.1) is 0 Å². The second-order valence-corrected chi connectivity index (χ2v) is 5.27. The van der Waals surface area contributed by atoms with Gasteiger partial charge in [-0.25, -0.2) is 0 Å². The van der Waals surface area contributed by atoms with Crippen LogP contribution in [0.3, 0.4) is 0 Å². The molecular formula is C12H22. The highest BCUT2D eigenvalue weighted by atomic mass is 14.7. The Labute approximate surface area is 76.7 Å². The van der Waals surface area contributed by atoms with Crippen LogP contribution in [-0.4, -0.2) is 0 Å². The fourth-order valence-corrected chi connectivity index (χ4v) is 3.61. The van der Waals surface area contributed by atoms with E-state index in [0.29, 0.717) is 0 Å². The standard InChI is InChI=1S/C12H22/c1-4-5-6-11-9(2)7-12(11)8-10(12)3/h9-11H,4-8H2,1-3H3. The third kappa shape index (κ3) is 1.03. The Balaban J connectivity index is 1.86. The first-order valence-corrected chi connectivity index (χ1v) is 5.70. The molecule has 0 amide bonds. The molecule has 4 unspecified atom stereocenters. The van der Waals surface area contributed by atoms with Crippen molar-refractivity contribution in [2.24, 2.45) is 23.2 Å². The highest BCUT2D eigenvalue weighted by Crippen LogP contribution is 2.71. The second kappa shape index (κ2) is 2.75. The monoisotopic (exact) mass is 166 g/mol. The highest BCUT2D eigenvalue weighted by Gasteiger charge is 2.63. The van der Waals surface area contributed by atoms with Crippen molar-refractivity contribution < 1.29 is 0 Å². The quantitative estimate of drug-likeness (QED) is 0.597. The average Bonchev–Trinajstić information content (AvgIpc) is 2.65. The van der Waals surface area contributed by atoms with Crippen LogP contribution in [0.5, 0.6) is 0 Å². The van der Waals surface area contributed by atoms with Crippen molar-refractivity contribution in [2.45, 2.75) is 52.9 Å². The van der Waals surface area contributed by atoms with Crippen LogP contribution < -0.4 is 0 Å². The molecule has 0 radical (unpaired) electrons. The van der Waals surface area contributed by atoms with E-state index in [-0.39, 0.29) is 0 Å². The maximum Gasteiger partial charge on any atom is -0.0235 e. The van der Waals surface area contributed by atoms with Crippen LogP contribution in [0.4, 0.5) is 0 Å². The fraction of sp³-hybridized carbons (Fsp3) is 1.00. The molecule has 12 heavy (non-hydrogen) atoms. The molecule has 0 saturated heterocycles. The topological polar surface area (TPSA) is 0 Å². The van der Waals surface area contributed by atoms with E-state index >= 15 is 0 Å². The molecule has 4 atom stereocenters. The molecule has 0 aromatic carbocycles. The summed E-state index contributed by atoms with van der Waals surface area (Å²) in [5.41, 5.74) is 0.870. The van der Waals surface area contributed by atoms with E-state index in [0.717, 1.165) is 23.2 Å². The molecule has 0 aromatic heterocycles. The summed E-state index contributed by atoms with van der Waals surface area (Å²) in [5.74, 6) is 3.21. The van der Waals surface area contributed by atoms with Crippen LogP contribution in [-0.2, 0) is 0 Å². The molecule has 2 fully saturated rings. The van der Waals surface area contributed by atoms with Crippen molar-refractivity contribution in [3.8, 4) is 0 Å². The molecule has 0 heterocycles. The molecule has 0 aromatic rings. The summed E-state index contributed by atoms with van der Waals surface area (Å²) in [6, 6.07) is 0. The summed E-state index contributed by atoms with van der Waals surface area (Å²) in [7, 11) is 0. The van der Waals surface area contributed by atoms with Gasteiger partial charge in [0.1, 0.15) is 0 Å². The van der Waals surface area contributed by atoms with Crippen molar-refractivity contribution in [1.29, 1.82) is 0 Å². The first kappa shape index (κ1) is 8.59. The number of rotatable bonds is 3. The summed E-state index contributed by atoms with van der Waals surface area (Å²) in [6.45, 7) is 7.22. The zero-order valence-electron chi connectivity index (χ0n) is 8.77. The second-order valence-electron chi connectivity index (χ2n) is 5.27. The van der Waals surface area contributed by atoms with Crippen LogP contribution >= 0.6 is 0 Å². The molecule has 0 heteroatoms. The Morgan fingerprint density at radius 3 is 2.33 bits per heavy atom. The minimum absolute atomic E-state index is 0.870. The van der Waals surface area contributed by atoms with Gasteiger partial charge in [0.25, 0.3) is 0 Å². The molecule has 0 bridgehead atoms. The molecular weight excluding hydrogens is 144 g/mol. The third-order valence-electron chi connectivity index (χ3n) is 4.50. The van der Waals surface area contributed by atoms with E-state index in [1.807, 2.05) is 0 Å². The SMILES string of the molecule is CCCCC1C(C)CC12CC2C. The van der Waals surface area contributed by atoms with Gasteiger partial charge in [-0.2, -0.15) is 0 Å². The van der Waals surface area contributed by atoms with E-state index in [9.17, 15) is 0 Å². The number of hydrogen-bond donors (Lipinski definition) is 0. The molecule has 2 saturated carbocycles. The minimum atomic E-state index is 0.870. The number of hydrogen-bond acceptors (Lipinski definition) is 0. The van der Waals surface area contributed by atoms with Crippen molar-refractivity contribution in [1.82, 2.24) is 0 Å². The lowest BCUT2D eigenvalue weighted by Crippen LogP contribution is -2.37. The van der Waals surface area contributed by atoms with Crippen LogP contribution in [0.2, 0.25) is 0 Å². The Bertz CT molecular complexity index is 173. The van der Waals surface area contributed by atoms with Gasteiger partial charge in [0.05, 0.1) is 0 Å². The highest BCUT2D eigenvalue weighted by molar-refractivity contribution is 5.12. The first-order chi connectivity index (χ1) is 5.70. The maximum absolute atomic E-state index is 2.45. The predicted molar refractivity (Wildman–Crippen MR) is 53.0 cm³/mol. The molecule has 70 valence electrons. The van der Waals surface area contributed by atoms with Gasteiger partial charge in [-0.05, 0) is 42.4 Å². The summed E-state index contributed by atoms with van der Waals surface area (Å²) < 4.78 is 0. The molecule has 2 aliphatic carbocycles. The summed E-state index contributed by atoms with van der Waals surface area (Å²) in [4.78, 5) is 0. The number of unbranched alkanes of at least 4 members (excludes halogenated alkanes) is 1. The van der Waals surface area contributed by atoms with E-state index in [2.05, 4.69) is 20.8 Å². The van der Waals surface area contributed by atoms with Crippen LogP contribution in [0.25, 0.3) is 0 Å². The van der Waals surface area contributed by atoms with Gasteiger partial charge >= 0.3 is 0 Å². The van der Waals surface area contributed by atoms with E-state index in [1.165, 1.54) is 19.3 Å². The Morgan fingerprint density at radius 2 is 1.92 bits per heavy atom. The van der Waals surface area contributed by atoms with Gasteiger partial charge in [-0.1, -0.05) is 33.6 Å². The van der Waals surface area contributed by atoms with E-state index < -0.39 is 0 Å². The molecule has 0 aliphatic heterocycles. The smallest absolute Gasteiger partial charge is 0.0235 e. The van der Waals surface area contributed by atoms with Crippen molar-refractivity contribution in [3.05, 3.63) is 0 Å². The first-order valence-electron chi connectivity index (χ1n) is 5.70. The van der Waals surface area contributed by atoms with Crippen molar-refractivity contribution >= 4 is 0 Å².